The summed E-state index contributed by atoms with van der Waals surface area (Å²) in [5.74, 6) is 0.446. The third kappa shape index (κ3) is 3.42. The first kappa shape index (κ1) is 13.3. The first-order valence-corrected chi connectivity index (χ1v) is 6.03. The van der Waals surface area contributed by atoms with Crippen LogP contribution in [0.4, 0.5) is 12.9 Å². The molecule has 1 aromatic carbocycles. The minimum absolute atomic E-state index is 0.0477. The molecule has 6 heteroatoms. The Labute approximate surface area is 104 Å². The summed E-state index contributed by atoms with van der Waals surface area (Å²) in [6.07, 6.45) is 2.23. The lowest BCUT2D eigenvalue weighted by Crippen LogP contribution is -2.33. The molecule has 100 valence electrons. The van der Waals surface area contributed by atoms with Crippen molar-refractivity contribution in [2.24, 2.45) is 0 Å². The zero-order valence-electron chi connectivity index (χ0n) is 10.1. The molecule has 0 radical (unpaired) electrons. The van der Waals surface area contributed by atoms with Crippen LogP contribution in [0.25, 0.3) is 0 Å². The number of ether oxygens (including phenoxy) is 2. The van der Waals surface area contributed by atoms with Crippen molar-refractivity contribution in [2.45, 2.75) is 32.0 Å². The van der Waals surface area contributed by atoms with Crippen molar-refractivity contribution >= 4 is 12.4 Å². The molecule has 1 fully saturated rings. The summed E-state index contributed by atoms with van der Waals surface area (Å²) in [4.78, 5) is 0. The molecule has 0 spiro atoms. The van der Waals surface area contributed by atoms with Crippen molar-refractivity contribution < 1.29 is 22.4 Å². The molecule has 18 heavy (non-hydrogen) atoms. The molecule has 1 aliphatic rings. The van der Waals surface area contributed by atoms with Gasteiger partial charge in [0.1, 0.15) is 12.4 Å². The van der Waals surface area contributed by atoms with Crippen LogP contribution in [0.5, 0.6) is 5.75 Å². The Morgan fingerprint density at radius 1 is 1.22 bits per heavy atom. The number of benzene rings is 1. The molecule has 1 saturated heterocycles. The van der Waals surface area contributed by atoms with Gasteiger partial charge in [-0.15, -0.1) is 5.46 Å². The maximum absolute atomic E-state index is 12.4. The molecule has 0 aliphatic carbocycles. The van der Waals surface area contributed by atoms with Gasteiger partial charge >= 0.3 is 6.98 Å². The number of rotatable bonds is 4. The molecule has 0 aromatic heterocycles. The first-order valence-electron chi connectivity index (χ1n) is 6.03. The van der Waals surface area contributed by atoms with Crippen molar-refractivity contribution in [3.8, 4) is 5.75 Å². The minimum Gasteiger partial charge on any atom is -0.491 e. The lowest BCUT2D eigenvalue weighted by Gasteiger charge is -2.16. The molecule has 2 nitrogen and oxygen atoms in total. The van der Waals surface area contributed by atoms with Crippen LogP contribution < -0.4 is 10.2 Å². The summed E-state index contributed by atoms with van der Waals surface area (Å²) < 4.78 is 48.2. The van der Waals surface area contributed by atoms with E-state index < -0.39 is 12.4 Å². The molecule has 0 amide bonds. The maximum atomic E-state index is 12.4. The predicted octanol–water partition coefficient (Wildman–Crippen LogP) is 2.69. The summed E-state index contributed by atoms with van der Waals surface area (Å²) in [5, 5.41) is 0. The van der Waals surface area contributed by atoms with Crippen molar-refractivity contribution in [1.82, 2.24) is 0 Å². The SMILES string of the molecule is CC1CCC(COc2ccc([B-](F)(F)F)cc2)O1. The highest BCUT2D eigenvalue weighted by molar-refractivity contribution is 6.73. The second-order valence-corrected chi connectivity index (χ2v) is 4.60. The van der Waals surface area contributed by atoms with Gasteiger partial charge < -0.3 is 22.4 Å². The second kappa shape index (κ2) is 5.22. The fourth-order valence-corrected chi connectivity index (χ4v) is 1.98. The average Bonchev–Trinajstić information content (AvgIpc) is 2.72. The number of halogens is 3. The van der Waals surface area contributed by atoms with Gasteiger partial charge in [-0.3, -0.25) is 0 Å². The van der Waals surface area contributed by atoms with E-state index in [4.69, 9.17) is 9.47 Å². The van der Waals surface area contributed by atoms with Crippen molar-refractivity contribution in [3.05, 3.63) is 24.3 Å². The molecular formula is C12H15BF3O2-. The van der Waals surface area contributed by atoms with Gasteiger partial charge in [-0.05, 0) is 31.9 Å². The molecule has 1 aromatic rings. The molecular weight excluding hydrogens is 244 g/mol. The Kier molecular flexibility index (Phi) is 3.85. The van der Waals surface area contributed by atoms with E-state index in [0.29, 0.717) is 12.4 Å². The van der Waals surface area contributed by atoms with Crippen LogP contribution in [0.1, 0.15) is 19.8 Å². The van der Waals surface area contributed by atoms with Crippen LogP contribution >= 0.6 is 0 Å². The lowest BCUT2D eigenvalue weighted by atomic mass is 9.80. The third-order valence-corrected chi connectivity index (χ3v) is 3.01. The lowest BCUT2D eigenvalue weighted by molar-refractivity contribution is 0.0264. The third-order valence-electron chi connectivity index (χ3n) is 3.01. The van der Waals surface area contributed by atoms with E-state index in [1.54, 1.807) is 0 Å². The topological polar surface area (TPSA) is 18.5 Å². The molecule has 0 N–H and O–H groups in total. The first-order chi connectivity index (χ1) is 8.45. The Bertz CT molecular complexity index is 391. The number of hydrogen-bond donors (Lipinski definition) is 0. The van der Waals surface area contributed by atoms with E-state index in [2.05, 4.69) is 0 Å². The monoisotopic (exact) mass is 259 g/mol. The van der Waals surface area contributed by atoms with Crippen LogP contribution in [0, 0.1) is 0 Å². The highest BCUT2D eigenvalue weighted by Gasteiger charge is 2.25. The fraction of sp³-hybridized carbons (Fsp3) is 0.500. The molecule has 0 saturated carbocycles. The number of hydrogen-bond acceptors (Lipinski definition) is 2. The maximum Gasteiger partial charge on any atom is 0.509 e. The Balaban J connectivity index is 1.87. The smallest absolute Gasteiger partial charge is 0.491 e. The van der Waals surface area contributed by atoms with Gasteiger partial charge in [0.25, 0.3) is 0 Å². The van der Waals surface area contributed by atoms with Crippen LogP contribution in [-0.4, -0.2) is 25.8 Å². The van der Waals surface area contributed by atoms with Gasteiger partial charge in [0.2, 0.25) is 0 Å². The van der Waals surface area contributed by atoms with Gasteiger partial charge in [0.05, 0.1) is 12.2 Å². The van der Waals surface area contributed by atoms with E-state index in [1.807, 2.05) is 6.92 Å². The fourth-order valence-electron chi connectivity index (χ4n) is 1.98. The van der Waals surface area contributed by atoms with Gasteiger partial charge in [-0.2, -0.15) is 0 Å². The summed E-state index contributed by atoms with van der Waals surface area (Å²) >= 11 is 0. The Hall–Kier alpha value is -1.17. The summed E-state index contributed by atoms with van der Waals surface area (Å²) in [5.41, 5.74) is -0.604. The van der Waals surface area contributed by atoms with E-state index in [0.717, 1.165) is 25.0 Å². The van der Waals surface area contributed by atoms with Gasteiger partial charge in [-0.1, -0.05) is 12.1 Å². The van der Waals surface area contributed by atoms with Gasteiger partial charge in [0, 0.05) is 0 Å². The van der Waals surface area contributed by atoms with Crippen LogP contribution in [0.2, 0.25) is 0 Å². The molecule has 1 heterocycles. The summed E-state index contributed by atoms with van der Waals surface area (Å²) in [6.45, 7) is -2.54. The molecule has 2 atom stereocenters. The Morgan fingerprint density at radius 2 is 1.89 bits per heavy atom. The van der Waals surface area contributed by atoms with Crippen LogP contribution in [0.15, 0.2) is 24.3 Å². The normalized spacial score (nSPS) is 24.2. The largest absolute Gasteiger partial charge is 0.509 e. The highest BCUT2D eigenvalue weighted by atomic mass is 19.4. The van der Waals surface area contributed by atoms with Crippen LogP contribution in [0.3, 0.4) is 0 Å². The standard InChI is InChI=1S/C12H15BF3O2/c1-9-2-5-12(18-9)8-17-11-6-3-10(4-7-11)13(14,15)16/h3-4,6-7,9,12H,2,5,8H2,1H3/q-1. The minimum atomic E-state index is -4.93. The summed E-state index contributed by atoms with van der Waals surface area (Å²) in [6, 6.07) is 4.80. The quantitative estimate of drug-likeness (QED) is 0.774. The Morgan fingerprint density at radius 3 is 2.39 bits per heavy atom. The average molecular weight is 259 g/mol. The van der Waals surface area contributed by atoms with Gasteiger partial charge in [-0.25, -0.2) is 0 Å². The predicted molar refractivity (Wildman–Crippen MR) is 64.2 cm³/mol. The van der Waals surface area contributed by atoms with E-state index >= 15 is 0 Å². The zero-order valence-corrected chi connectivity index (χ0v) is 10.1. The van der Waals surface area contributed by atoms with E-state index in [-0.39, 0.29) is 12.2 Å². The van der Waals surface area contributed by atoms with Crippen molar-refractivity contribution in [1.29, 1.82) is 0 Å². The second-order valence-electron chi connectivity index (χ2n) is 4.60. The highest BCUT2D eigenvalue weighted by Crippen LogP contribution is 2.20. The molecule has 1 aliphatic heterocycles. The zero-order chi connectivity index (χ0) is 13.2. The van der Waals surface area contributed by atoms with Crippen molar-refractivity contribution in [2.75, 3.05) is 6.61 Å². The van der Waals surface area contributed by atoms with E-state index in [9.17, 15) is 12.9 Å². The summed E-state index contributed by atoms with van der Waals surface area (Å²) in [7, 11) is 0. The van der Waals surface area contributed by atoms with Gasteiger partial charge in [0.15, 0.2) is 0 Å². The molecule has 2 unspecified atom stereocenters. The van der Waals surface area contributed by atoms with Crippen LogP contribution in [-0.2, 0) is 4.74 Å². The molecule has 0 bridgehead atoms. The molecule has 2 rings (SSSR count). The van der Waals surface area contributed by atoms with E-state index in [1.165, 1.54) is 12.1 Å². The van der Waals surface area contributed by atoms with Crippen molar-refractivity contribution in [3.63, 3.8) is 0 Å².